The summed E-state index contributed by atoms with van der Waals surface area (Å²) in [6.45, 7) is 7.67. The summed E-state index contributed by atoms with van der Waals surface area (Å²) in [5.74, 6) is 0.851. The monoisotopic (exact) mass is 253 g/mol. The topological polar surface area (TPSA) is 21.7 Å². The van der Waals surface area contributed by atoms with Gasteiger partial charge in [0.05, 0.1) is 0 Å². The highest BCUT2D eigenvalue weighted by Crippen LogP contribution is 2.32. The maximum atomic E-state index is 13.1. The number of hydrogen-bond donors (Lipinski definition) is 0. The molecule has 0 aliphatic carbocycles. The predicted molar refractivity (Wildman–Crippen MR) is 68.7 cm³/mol. The van der Waals surface area contributed by atoms with Gasteiger partial charge in [-0.15, -0.1) is 0 Å². The molecule has 1 atom stereocenters. The van der Waals surface area contributed by atoms with E-state index in [2.05, 4.69) is 18.7 Å². The smallest absolute Gasteiger partial charge is 0.164 e. The summed E-state index contributed by atoms with van der Waals surface area (Å²) < 4.78 is 24.5. The molecule has 100 valence electrons. The molecule has 1 heterocycles. The number of nitrogens with zero attached hydrogens (tertiary/aromatic N) is 1. The van der Waals surface area contributed by atoms with Crippen LogP contribution in [0.2, 0.25) is 0 Å². The van der Waals surface area contributed by atoms with Crippen LogP contribution in [0.1, 0.15) is 20.3 Å². The predicted octanol–water partition coefficient (Wildman–Crippen LogP) is 2.70. The maximum absolute atomic E-state index is 13.1. The largest absolute Gasteiger partial charge is 0.486 e. The molecule has 1 unspecified atom stereocenters. The number of halogens is 1. The van der Waals surface area contributed by atoms with Gasteiger partial charge in [0.15, 0.2) is 11.5 Å². The van der Waals surface area contributed by atoms with E-state index in [1.807, 2.05) is 0 Å². The Morgan fingerprint density at radius 2 is 2.17 bits per heavy atom. The van der Waals surface area contributed by atoms with Crippen molar-refractivity contribution in [3.63, 3.8) is 0 Å². The van der Waals surface area contributed by atoms with Crippen molar-refractivity contribution in [2.45, 2.75) is 26.4 Å². The molecule has 0 N–H and O–H groups in total. The van der Waals surface area contributed by atoms with E-state index in [1.165, 1.54) is 12.1 Å². The highest BCUT2D eigenvalue weighted by Gasteiger charge is 2.23. The van der Waals surface area contributed by atoms with Crippen LogP contribution in [-0.2, 0) is 0 Å². The van der Waals surface area contributed by atoms with Gasteiger partial charge in [-0.1, -0.05) is 13.8 Å². The summed E-state index contributed by atoms with van der Waals surface area (Å²) in [6.07, 6.45) is 1.10. The van der Waals surface area contributed by atoms with Crippen molar-refractivity contribution in [1.82, 2.24) is 4.90 Å². The van der Waals surface area contributed by atoms with Crippen LogP contribution in [0.5, 0.6) is 11.5 Å². The molecule has 1 aliphatic heterocycles. The normalized spacial score (nSPS) is 18.1. The lowest BCUT2D eigenvalue weighted by Gasteiger charge is -2.30. The Morgan fingerprint density at radius 1 is 1.33 bits per heavy atom. The van der Waals surface area contributed by atoms with Crippen LogP contribution in [0.4, 0.5) is 4.39 Å². The third kappa shape index (κ3) is 3.13. The van der Waals surface area contributed by atoms with Crippen molar-refractivity contribution in [3.05, 3.63) is 24.0 Å². The second kappa shape index (κ2) is 6.05. The molecule has 0 amide bonds. The van der Waals surface area contributed by atoms with Gasteiger partial charge in [-0.05, 0) is 31.6 Å². The number of ether oxygens (including phenoxy) is 2. The van der Waals surface area contributed by atoms with Crippen LogP contribution < -0.4 is 9.47 Å². The first-order valence-electron chi connectivity index (χ1n) is 6.54. The van der Waals surface area contributed by atoms with E-state index in [0.717, 1.165) is 26.1 Å². The molecule has 1 aliphatic rings. The SMILES string of the molecule is CCCN(CC)CC1COc2ccc(F)cc2O1. The summed E-state index contributed by atoms with van der Waals surface area (Å²) >= 11 is 0. The minimum atomic E-state index is -0.293. The number of benzene rings is 1. The average Bonchev–Trinajstić information content (AvgIpc) is 2.37. The van der Waals surface area contributed by atoms with E-state index < -0.39 is 0 Å². The van der Waals surface area contributed by atoms with Gasteiger partial charge in [0.25, 0.3) is 0 Å². The fraction of sp³-hybridized carbons (Fsp3) is 0.571. The molecule has 0 spiro atoms. The second-order valence-electron chi connectivity index (χ2n) is 4.54. The average molecular weight is 253 g/mol. The Labute approximate surface area is 107 Å². The van der Waals surface area contributed by atoms with Crippen LogP contribution in [-0.4, -0.2) is 37.2 Å². The van der Waals surface area contributed by atoms with E-state index >= 15 is 0 Å². The third-order valence-electron chi connectivity index (χ3n) is 3.07. The Kier molecular flexibility index (Phi) is 4.42. The fourth-order valence-corrected chi connectivity index (χ4v) is 2.16. The van der Waals surface area contributed by atoms with E-state index in [-0.39, 0.29) is 11.9 Å². The summed E-state index contributed by atoms with van der Waals surface area (Å²) in [6, 6.07) is 4.39. The second-order valence-corrected chi connectivity index (χ2v) is 4.54. The summed E-state index contributed by atoms with van der Waals surface area (Å²) in [5.41, 5.74) is 0. The number of fused-ring (bicyclic) bond motifs is 1. The summed E-state index contributed by atoms with van der Waals surface area (Å²) in [7, 11) is 0. The molecular formula is C14H20FNO2. The minimum Gasteiger partial charge on any atom is -0.486 e. The molecule has 0 saturated carbocycles. The highest BCUT2D eigenvalue weighted by atomic mass is 19.1. The van der Waals surface area contributed by atoms with Crippen LogP contribution in [0.25, 0.3) is 0 Å². The molecule has 3 nitrogen and oxygen atoms in total. The van der Waals surface area contributed by atoms with Gasteiger partial charge in [0.2, 0.25) is 0 Å². The number of likely N-dealkylation sites (N-methyl/N-ethyl adjacent to an activating group) is 1. The molecule has 0 radical (unpaired) electrons. The zero-order valence-electron chi connectivity index (χ0n) is 11.0. The van der Waals surface area contributed by atoms with Crippen LogP contribution in [0.15, 0.2) is 18.2 Å². The van der Waals surface area contributed by atoms with Gasteiger partial charge < -0.3 is 9.47 Å². The molecule has 18 heavy (non-hydrogen) atoms. The van der Waals surface area contributed by atoms with Crippen LogP contribution in [0.3, 0.4) is 0 Å². The van der Waals surface area contributed by atoms with E-state index in [0.29, 0.717) is 18.1 Å². The van der Waals surface area contributed by atoms with Crippen LogP contribution in [0, 0.1) is 5.82 Å². The van der Waals surface area contributed by atoms with Gasteiger partial charge >= 0.3 is 0 Å². The Balaban J connectivity index is 1.98. The first kappa shape index (κ1) is 13.1. The highest BCUT2D eigenvalue weighted by molar-refractivity contribution is 5.41. The first-order valence-corrected chi connectivity index (χ1v) is 6.54. The maximum Gasteiger partial charge on any atom is 0.164 e. The summed E-state index contributed by atoms with van der Waals surface area (Å²) in [4.78, 5) is 2.32. The molecule has 2 rings (SSSR count). The molecule has 4 heteroatoms. The van der Waals surface area contributed by atoms with Crippen molar-refractivity contribution in [2.75, 3.05) is 26.2 Å². The van der Waals surface area contributed by atoms with E-state index in [4.69, 9.17) is 9.47 Å². The Bertz CT molecular complexity index is 397. The fourth-order valence-electron chi connectivity index (χ4n) is 2.16. The van der Waals surface area contributed by atoms with Crippen molar-refractivity contribution < 1.29 is 13.9 Å². The Hall–Kier alpha value is -1.29. The molecular weight excluding hydrogens is 233 g/mol. The molecule has 0 fully saturated rings. The van der Waals surface area contributed by atoms with Gasteiger partial charge in [-0.2, -0.15) is 0 Å². The van der Waals surface area contributed by atoms with Crippen LogP contribution >= 0.6 is 0 Å². The molecule has 0 saturated heterocycles. The summed E-state index contributed by atoms with van der Waals surface area (Å²) in [5, 5.41) is 0. The van der Waals surface area contributed by atoms with E-state index in [9.17, 15) is 4.39 Å². The van der Waals surface area contributed by atoms with E-state index in [1.54, 1.807) is 6.07 Å². The van der Waals surface area contributed by atoms with Crippen molar-refractivity contribution in [3.8, 4) is 11.5 Å². The molecule has 1 aromatic rings. The molecule has 0 bridgehead atoms. The molecule has 0 aromatic heterocycles. The Morgan fingerprint density at radius 3 is 2.89 bits per heavy atom. The number of rotatable bonds is 5. The number of hydrogen-bond acceptors (Lipinski definition) is 3. The zero-order chi connectivity index (χ0) is 13.0. The van der Waals surface area contributed by atoms with Gasteiger partial charge in [-0.25, -0.2) is 4.39 Å². The van der Waals surface area contributed by atoms with Gasteiger partial charge in [0, 0.05) is 12.6 Å². The lowest BCUT2D eigenvalue weighted by Crippen LogP contribution is -2.41. The van der Waals surface area contributed by atoms with Gasteiger partial charge in [-0.3, -0.25) is 4.90 Å². The standard InChI is InChI=1S/C14H20FNO2/c1-3-7-16(4-2)9-12-10-17-13-6-5-11(15)8-14(13)18-12/h5-6,8,12H,3-4,7,9-10H2,1-2H3. The van der Waals surface area contributed by atoms with Crippen molar-refractivity contribution in [1.29, 1.82) is 0 Å². The zero-order valence-corrected chi connectivity index (χ0v) is 11.0. The molecule has 1 aromatic carbocycles. The third-order valence-corrected chi connectivity index (χ3v) is 3.07. The van der Waals surface area contributed by atoms with Gasteiger partial charge in [0.1, 0.15) is 18.5 Å². The van der Waals surface area contributed by atoms with Crippen molar-refractivity contribution >= 4 is 0 Å². The lowest BCUT2D eigenvalue weighted by molar-refractivity contribution is 0.0597. The quantitative estimate of drug-likeness (QED) is 0.805. The minimum absolute atomic E-state index is 0.0224. The first-order chi connectivity index (χ1) is 8.72. The van der Waals surface area contributed by atoms with Crippen molar-refractivity contribution in [2.24, 2.45) is 0 Å². The lowest BCUT2D eigenvalue weighted by atomic mass is 10.2.